The Hall–Kier alpha value is -3.29. The number of hydrogen-bond donors (Lipinski definition) is 4. The minimum absolute atomic E-state index is 0.00877. The first kappa shape index (κ1) is 12.7. The smallest absolute Gasteiger partial charge is 0.325 e. The van der Waals surface area contributed by atoms with Crippen molar-refractivity contribution >= 4 is 11.9 Å². The number of carbonyl (C=O) groups is 1. The predicted octanol–water partition coefficient (Wildman–Crippen LogP) is 0.0906. The molecule has 1 aliphatic heterocycles. The van der Waals surface area contributed by atoms with Gasteiger partial charge in [0.2, 0.25) is 11.5 Å². The van der Waals surface area contributed by atoms with Gasteiger partial charge in [-0.25, -0.2) is 4.79 Å². The maximum Gasteiger partial charge on any atom is 0.325 e. The lowest BCUT2D eigenvalue weighted by atomic mass is 10.1. The quantitative estimate of drug-likeness (QED) is 0.434. The van der Waals surface area contributed by atoms with E-state index >= 15 is 0 Å². The number of fused-ring (bicyclic) bond motifs is 1. The van der Waals surface area contributed by atoms with Gasteiger partial charge in [-0.2, -0.15) is 0 Å². The van der Waals surface area contributed by atoms with E-state index in [0.29, 0.717) is 0 Å². The summed E-state index contributed by atoms with van der Waals surface area (Å²) in [6, 6.07) is 2.45. The summed E-state index contributed by atoms with van der Waals surface area (Å²) in [4.78, 5) is 38.8. The molecule has 3 rings (SSSR count). The van der Waals surface area contributed by atoms with E-state index < -0.39 is 28.5 Å². The van der Waals surface area contributed by atoms with Crippen molar-refractivity contribution in [2.75, 3.05) is 0 Å². The van der Waals surface area contributed by atoms with E-state index in [0.717, 1.165) is 18.3 Å². The Morgan fingerprint density at radius 2 is 1.90 bits per heavy atom. The summed E-state index contributed by atoms with van der Waals surface area (Å²) in [5.41, 5.74) is -1.29. The van der Waals surface area contributed by atoms with E-state index in [2.05, 4.69) is 4.98 Å². The molecule has 2 heterocycles. The second-order valence-electron chi connectivity index (χ2n) is 4.28. The highest BCUT2D eigenvalue weighted by atomic mass is 16.5. The largest absolute Gasteiger partial charge is 0.504 e. The fraction of sp³-hybridized carbons (Fsp3) is 0. The molecular weight excluding hydrogens is 280 g/mol. The number of aromatic amines is 2. The average Bonchev–Trinajstić information content (AvgIpc) is 2.75. The van der Waals surface area contributed by atoms with E-state index in [4.69, 9.17) is 4.74 Å². The molecule has 2 aromatic rings. The van der Waals surface area contributed by atoms with E-state index in [1.54, 1.807) is 0 Å². The van der Waals surface area contributed by atoms with E-state index in [1.165, 1.54) is 6.07 Å². The van der Waals surface area contributed by atoms with Crippen molar-refractivity contribution in [2.45, 2.75) is 0 Å². The number of nitrogens with one attached hydrogen (secondary N) is 2. The Morgan fingerprint density at radius 1 is 1.14 bits per heavy atom. The van der Waals surface area contributed by atoms with Crippen LogP contribution in [0.1, 0.15) is 15.9 Å². The van der Waals surface area contributed by atoms with Crippen LogP contribution in [0.4, 0.5) is 0 Å². The van der Waals surface area contributed by atoms with Gasteiger partial charge in [0.1, 0.15) is 0 Å². The third-order valence-electron chi connectivity index (χ3n) is 2.93. The second-order valence-corrected chi connectivity index (χ2v) is 4.28. The first-order valence-electron chi connectivity index (χ1n) is 5.78. The van der Waals surface area contributed by atoms with Crippen molar-refractivity contribution in [1.29, 1.82) is 0 Å². The Morgan fingerprint density at radius 3 is 2.62 bits per heavy atom. The molecule has 0 unspecified atom stereocenters. The molecule has 0 fully saturated rings. The summed E-state index contributed by atoms with van der Waals surface area (Å²) < 4.78 is 5.18. The fourth-order valence-electron chi connectivity index (χ4n) is 1.90. The van der Waals surface area contributed by atoms with E-state index in [9.17, 15) is 24.6 Å². The van der Waals surface area contributed by atoms with Gasteiger partial charge in [-0.15, -0.1) is 0 Å². The van der Waals surface area contributed by atoms with E-state index in [1.807, 2.05) is 4.98 Å². The van der Waals surface area contributed by atoms with Gasteiger partial charge in [-0.05, 0) is 18.2 Å². The van der Waals surface area contributed by atoms with Gasteiger partial charge < -0.3 is 19.9 Å². The molecule has 1 aromatic heterocycles. The summed E-state index contributed by atoms with van der Waals surface area (Å²) in [5.74, 6) is -1.91. The molecule has 8 nitrogen and oxygen atoms in total. The van der Waals surface area contributed by atoms with Gasteiger partial charge >= 0.3 is 5.69 Å². The van der Waals surface area contributed by atoms with Crippen molar-refractivity contribution in [3.8, 4) is 17.2 Å². The van der Waals surface area contributed by atoms with E-state index in [-0.39, 0.29) is 22.6 Å². The zero-order valence-electron chi connectivity index (χ0n) is 10.3. The molecule has 0 bridgehead atoms. The number of benzene rings is 1. The van der Waals surface area contributed by atoms with Gasteiger partial charge in [0, 0.05) is 6.20 Å². The molecule has 0 radical (unpaired) electrons. The van der Waals surface area contributed by atoms with Crippen molar-refractivity contribution in [3.05, 3.63) is 56.1 Å². The van der Waals surface area contributed by atoms with Gasteiger partial charge in [0.25, 0.3) is 5.56 Å². The first-order valence-corrected chi connectivity index (χ1v) is 5.78. The Bertz CT molecular complexity index is 906. The highest BCUT2D eigenvalue weighted by Crippen LogP contribution is 2.43. The molecular formula is C13H8N2O6. The van der Waals surface area contributed by atoms with Crippen LogP contribution in [0.3, 0.4) is 0 Å². The lowest BCUT2D eigenvalue weighted by Gasteiger charge is -2.02. The van der Waals surface area contributed by atoms with Crippen molar-refractivity contribution < 1.29 is 19.7 Å². The summed E-state index contributed by atoms with van der Waals surface area (Å²) in [7, 11) is 0. The number of aromatic nitrogens is 2. The van der Waals surface area contributed by atoms with Crippen LogP contribution in [0.15, 0.2) is 33.7 Å². The monoisotopic (exact) mass is 288 g/mol. The topological polar surface area (TPSA) is 132 Å². The Kier molecular flexibility index (Phi) is 2.65. The van der Waals surface area contributed by atoms with Crippen LogP contribution in [0, 0.1) is 0 Å². The molecule has 0 saturated heterocycles. The predicted molar refractivity (Wildman–Crippen MR) is 70.4 cm³/mol. The third-order valence-corrected chi connectivity index (χ3v) is 2.93. The van der Waals surface area contributed by atoms with Crippen LogP contribution < -0.4 is 16.0 Å². The molecule has 1 aliphatic rings. The maximum absolute atomic E-state index is 12.1. The number of Topliss-reactive ketones (excluding diaryl/α,β-unsaturated/α-hetero) is 1. The molecule has 0 aliphatic carbocycles. The molecule has 0 saturated carbocycles. The molecule has 4 N–H and O–H groups in total. The standard InChI is InChI=1S/C13H8N2O6/c16-7-2-1-6-9(17)8(21-11(6)10(7)18)3-5-4-14-13(20)15-12(5)19/h1-4,16,18H,(H2,14,15,19,20). The number of H-pyrrole nitrogens is 2. The molecule has 0 spiro atoms. The molecule has 21 heavy (non-hydrogen) atoms. The van der Waals surface area contributed by atoms with Crippen LogP contribution >= 0.6 is 0 Å². The van der Waals surface area contributed by atoms with Crippen LogP contribution in [0.5, 0.6) is 17.2 Å². The number of ketones is 1. The molecule has 8 heteroatoms. The lowest BCUT2D eigenvalue weighted by molar-refractivity contribution is 0.101. The van der Waals surface area contributed by atoms with Crippen LogP contribution in [0.25, 0.3) is 6.08 Å². The highest BCUT2D eigenvalue weighted by Gasteiger charge is 2.31. The maximum atomic E-state index is 12.1. The molecule has 0 amide bonds. The van der Waals surface area contributed by atoms with Crippen molar-refractivity contribution in [1.82, 2.24) is 9.97 Å². The second kappa shape index (κ2) is 4.37. The Labute approximate surface area is 116 Å². The number of aromatic hydroxyl groups is 2. The SMILES string of the molecule is O=C1C(=Cc2c[nH]c(=O)[nH]c2=O)Oc2c1ccc(O)c2O. The number of allylic oxidation sites excluding steroid dienone is 1. The fourth-order valence-corrected chi connectivity index (χ4v) is 1.90. The van der Waals surface area contributed by atoms with Gasteiger partial charge in [0.15, 0.2) is 17.3 Å². The van der Waals surface area contributed by atoms with Crippen molar-refractivity contribution in [3.63, 3.8) is 0 Å². The third kappa shape index (κ3) is 1.98. The van der Waals surface area contributed by atoms with Gasteiger partial charge in [-0.3, -0.25) is 14.6 Å². The van der Waals surface area contributed by atoms with Crippen LogP contribution in [-0.4, -0.2) is 26.0 Å². The minimum Gasteiger partial charge on any atom is -0.504 e. The zero-order valence-corrected chi connectivity index (χ0v) is 10.3. The highest BCUT2D eigenvalue weighted by molar-refractivity contribution is 6.15. The minimum atomic E-state index is -0.689. The average molecular weight is 288 g/mol. The molecule has 106 valence electrons. The number of carbonyl (C=O) groups excluding carboxylic acids is 1. The van der Waals surface area contributed by atoms with Gasteiger partial charge in [-0.1, -0.05) is 0 Å². The number of phenols is 2. The Balaban J connectivity index is 2.09. The zero-order chi connectivity index (χ0) is 15.1. The summed E-state index contributed by atoms with van der Waals surface area (Å²) in [5, 5.41) is 19.0. The number of hydrogen-bond acceptors (Lipinski definition) is 6. The summed E-state index contributed by atoms with van der Waals surface area (Å²) in [6.45, 7) is 0. The van der Waals surface area contributed by atoms with Crippen LogP contribution in [-0.2, 0) is 0 Å². The summed E-state index contributed by atoms with van der Waals surface area (Å²) in [6.07, 6.45) is 2.26. The first-order chi connectivity index (χ1) is 9.97. The molecule has 0 atom stereocenters. The number of rotatable bonds is 1. The number of ether oxygens (including phenoxy) is 1. The number of phenolic OH excluding ortho intramolecular Hbond substituents is 2. The van der Waals surface area contributed by atoms with Crippen LogP contribution in [0.2, 0.25) is 0 Å². The van der Waals surface area contributed by atoms with Gasteiger partial charge in [0.05, 0.1) is 11.1 Å². The normalized spacial score (nSPS) is 15.0. The van der Waals surface area contributed by atoms with Crippen molar-refractivity contribution in [2.24, 2.45) is 0 Å². The summed E-state index contributed by atoms with van der Waals surface area (Å²) >= 11 is 0. The molecule has 1 aromatic carbocycles. The lowest BCUT2D eigenvalue weighted by Crippen LogP contribution is -2.23.